The van der Waals surface area contributed by atoms with Crippen LogP contribution in [0.3, 0.4) is 0 Å². The Morgan fingerprint density at radius 2 is 1.83 bits per heavy atom. The topological polar surface area (TPSA) is 55.7 Å². The van der Waals surface area contributed by atoms with Gasteiger partial charge in [-0.25, -0.2) is 9.97 Å². The Morgan fingerprint density at radius 1 is 1.03 bits per heavy atom. The number of aromatic amines is 1. The van der Waals surface area contributed by atoms with Crippen molar-refractivity contribution in [1.82, 2.24) is 19.5 Å². The fourth-order valence-corrected chi connectivity index (χ4v) is 3.91. The van der Waals surface area contributed by atoms with Crippen molar-refractivity contribution in [1.29, 1.82) is 0 Å². The average molecular weight is 405 g/mol. The van der Waals surface area contributed by atoms with Crippen molar-refractivity contribution in [3.05, 3.63) is 95.3 Å². The number of hydrogen-bond donors (Lipinski definition) is 1. The molecule has 2 heterocycles. The number of ether oxygens (including phenoxy) is 1. The zero-order valence-electron chi connectivity index (χ0n) is 16.6. The molecule has 0 bridgehead atoms. The number of nitrogens with zero attached hydrogens (tertiary/aromatic N) is 3. The van der Waals surface area contributed by atoms with Crippen molar-refractivity contribution in [3.63, 3.8) is 0 Å². The van der Waals surface area contributed by atoms with Gasteiger partial charge < -0.3 is 14.3 Å². The number of rotatable bonds is 8. The van der Waals surface area contributed by atoms with Crippen LogP contribution in [-0.2, 0) is 25.8 Å². The van der Waals surface area contributed by atoms with Crippen molar-refractivity contribution >= 4 is 11.8 Å². The second-order valence-corrected chi connectivity index (χ2v) is 7.92. The van der Waals surface area contributed by atoms with Gasteiger partial charge >= 0.3 is 0 Å². The fourth-order valence-electron chi connectivity index (χ4n) is 3.01. The Kier molecular flexibility index (Phi) is 6.00. The number of nitrogens with one attached hydrogen (secondary N) is 1. The van der Waals surface area contributed by atoms with Gasteiger partial charge in [-0.05, 0) is 30.2 Å². The third-order valence-electron chi connectivity index (χ3n) is 4.77. The van der Waals surface area contributed by atoms with E-state index in [2.05, 4.69) is 53.3 Å². The van der Waals surface area contributed by atoms with Gasteiger partial charge in [0.15, 0.2) is 5.16 Å². The van der Waals surface area contributed by atoms with Crippen LogP contribution in [0.25, 0.3) is 0 Å². The van der Waals surface area contributed by atoms with Crippen molar-refractivity contribution in [3.8, 4) is 5.75 Å². The van der Waals surface area contributed by atoms with Crippen LogP contribution in [-0.4, -0.2) is 19.5 Å². The van der Waals surface area contributed by atoms with E-state index in [-0.39, 0.29) is 0 Å². The minimum absolute atomic E-state index is 0.466. The molecule has 0 unspecified atom stereocenters. The SMILES string of the molecule is Cc1[nH]c(SCc2ccc(OCc3nccn3C)cc2)nc1Cc1ccccc1. The van der Waals surface area contributed by atoms with E-state index >= 15 is 0 Å². The molecule has 0 saturated heterocycles. The molecule has 4 rings (SSSR count). The summed E-state index contributed by atoms with van der Waals surface area (Å²) in [5, 5.41) is 0.962. The van der Waals surface area contributed by atoms with Crippen LogP contribution >= 0.6 is 11.8 Å². The smallest absolute Gasteiger partial charge is 0.166 e. The van der Waals surface area contributed by atoms with Crippen molar-refractivity contribution in [2.24, 2.45) is 7.05 Å². The first-order chi connectivity index (χ1) is 14.2. The molecular weight excluding hydrogens is 380 g/mol. The molecule has 0 amide bonds. The summed E-state index contributed by atoms with van der Waals surface area (Å²) in [5.41, 5.74) is 4.75. The maximum absolute atomic E-state index is 5.82. The van der Waals surface area contributed by atoms with E-state index in [0.717, 1.165) is 40.3 Å². The van der Waals surface area contributed by atoms with Crippen LogP contribution in [0, 0.1) is 6.92 Å². The molecule has 0 aliphatic rings. The average Bonchev–Trinajstić information content (AvgIpc) is 3.31. The van der Waals surface area contributed by atoms with Crippen molar-refractivity contribution in [2.75, 3.05) is 0 Å². The first-order valence-corrected chi connectivity index (χ1v) is 10.6. The summed E-state index contributed by atoms with van der Waals surface area (Å²) in [6.45, 7) is 2.55. The van der Waals surface area contributed by atoms with Gasteiger partial charge in [-0.3, -0.25) is 0 Å². The molecule has 0 spiro atoms. The molecule has 6 heteroatoms. The molecule has 0 aliphatic carbocycles. The standard InChI is InChI=1S/C23H24N4OS/c1-17-21(14-18-6-4-3-5-7-18)26-23(25-17)29-16-19-8-10-20(11-9-19)28-15-22-24-12-13-27(22)2/h3-13H,14-16H2,1-2H3,(H,25,26). The lowest BCUT2D eigenvalue weighted by Crippen LogP contribution is -2.02. The highest BCUT2D eigenvalue weighted by atomic mass is 32.2. The molecule has 0 saturated carbocycles. The molecule has 148 valence electrons. The molecule has 0 atom stereocenters. The molecule has 5 nitrogen and oxygen atoms in total. The minimum atomic E-state index is 0.466. The summed E-state index contributed by atoms with van der Waals surface area (Å²) in [5.74, 6) is 2.61. The Morgan fingerprint density at radius 3 is 2.55 bits per heavy atom. The Hall–Kier alpha value is -2.99. The van der Waals surface area contributed by atoms with E-state index in [4.69, 9.17) is 9.72 Å². The summed E-state index contributed by atoms with van der Waals surface area (Å²) < 4.78 is 7.78. The highest BCUT2D eigenvalue weighted by Gasteiger charge is 2.08. The summed E-state index contributed by atoms with van der Waals surface area (Å²) in [6.07, 6.45) is 4.55. The van der Waals surface area contributed by atoms with E-state index in [1.165, 1.54) is 11.1 Å². The third kappa shape index (κ3) is 5.09. The maximum Gasteiger partial charge on any atom is 0.166 e. The van der Waals surface area contributed by atoms with Crippen LogP contribution in [0.15, 0.2) is 72.1 Å². The van der Waals surface area contributed by atoms with Crippen LogP contribution in [0.1, 0.15) is 28.3 Å². The molecule has 0 radical (unpaired) electrons. The molecule has 1 N–H and O–H groups in total. The molecule has 4 aromatic rings. The van der Waals surface area contributed by atoms with Gasteiger partial charge in [0, 0.05) is 37.3 Å². The maximum atomic E-state index is 5.82. The summed E-state index contributed by atoms with van der Waals surface area (Å²) in [7, 11) is 1.97. The van der Waals surface area contributed by atoms with Crippen LogP contribution in [0.4, 0.5) is 0 Å². The summed E-state index contributed by atoms with van der Waals surface area (Å²) in [4.78, 5) is 12.5. The van der Waals surface area contributed by atoms with Crippen LogP contribution < -0.4 is 4.74 Å². The summed E-state index contributed by atoms with van der Waals surface area (Å²) >= 11 is 1.72. The lowest BCUT2D eigenvalue weighted by Gasteiger charge is -2.07. The Balaban J connectivity index is 1.31. The molecule has 0 fully saturated rings. The van der Waals surface area contributed by atoms with E-state index in [0.29, 0.717) is 6.61 Å². The predicted octanol–water partition coefficient (Wildman–Crippen LogP) is 4.91. The fraction of sp³-hybridized carbons (Fsp3) is 0.217. The first kappa shape index (κ1) is 19.3. The van der Waals surface area contributed by atoms with Gasteiger partial charge in [-0.1, -0.05) is 54.2 Å². The van der Waals surface area contributed by atoms with E-state index in [1.807, 2.05) is 36.0 Å². The zero-order valence-corrected chi connectivity index (χ0v) is 17.4. The van der Waals surface area contributed by atoms with E-state index in [9.17, 15) is 0 Å². The summed E-state index contributed by atoms with van der Waals surface area (Å²) in [6, 6.07) is 18.7. The number of H-pyrrole nitrogens is 1. The lowest BCUT2D eigenvalue weighted by molar-refractivity contribution is 0.292. The van der Waals surface area contributed by atoms with Gasteiger partial charge in [0.1, 0.15) is 18.2 Å². The van der Waals surface area contributed by atoms with E-state index in [1.54, 1.807) is 18.0 Å². The number of benzene rings is 2. The quantitative estimate of drug-likeness (QED) is 0.424. The first-order valence-electron chi connectivity index (χ1n) is 9.57. The monoisotopic (exact) mass is 404 g/mol. The predicted molar refractivity (Wildman–Crippen MR) is 116 cm³/mol. The van der Waals surface area contributed by atoms with Crippen molar-refractivity contribution < 1.29 is 4.74 Å². The van der Waals surface area contributed by atoms with Gasteiger partial charge in [0.05, 0.1) is 5.69 Å². The number of thioether (sulfide) groups is 1. The molecule has 2 aromatic heterocycles. The normalized spacial score (nSPS) is 11.0. The number of hydrogen-bond acceptors (Lipinski definition) is 4. The second kappa shape index (κ2) is 9.01. The van der Waals surface area contributed by atoms with Gasteiger partial charge in [0.25, 0.3) is 0 Å². The Bertz CT molecular complexity index is 1050. The van der Waals surface area contributed by atoms with Crippen molar-refractivity contribution in [2.45, 2.75) is 30.9 Å². The van der Waals surface area contributed by atoms with E-state index < -0.39 is 0 Å². The number of imidazole rings is 2. The van der Waals surface area contributed by atoms with Gasteiger partial charge in [0.2, 0.25) is 0 Å². The minimum Gasteiger partial charge on any atom is -0.486 e. The molecule has 29 heavy (non-hydrogen) atoms. The highest BCUT2D eigenvalue weighted by Crippen LogP contribution is 2.24. The molecule has 2 aromatic carbocycles. The highest BCUT2D eigenvalue weighted by molar-refractivity contribution is 7.98. The molecule has 0 aliphatic heterocycles. The number of aryl methyl sites for hydroxylation is 2. The number of aromatic nitrogens is 4. The third-order valence-corrected chi connectivity index (χ3v) is 5.71. The van der Waals surface area contributed by atoms with Crippen LogP contribution in [0.5, 0.6) is 5.75 Å². The second-order valence-electron chi connectivity index (χ2n) is 6.95. The lowest BCUT2D eigenvalue weighted by atomic mass is 10.1. The zero-order chi connectivity index (χ0) is 20.1. The molecular formula is C23H24N4OS. The van der Waals surface area contributed by atoms with Crippen LogP contribution in [0.2, 0.25) is 0 Å². The van der Waals surface area contributed by atoms with Gasteiger partial charge in [-0.15, -0.1) is 0 Å². The Labute approximate surface area is 175 Å². The van der Waals surface area contributed by atoms with Gasteiger partial charge in [-0.2, -0.15) is 0 Å². The largest absolute Gasteiger partial charge is 0.486 e.